The van der Waals surface area contributed by atoms with Gasteiger partial charge in [-0.3, -0.25) is 14.6 Å². The highest BCUT2D eigenvalue weighted by Gasteiger charge is 2.48. The third-order valence-corrected chi connectivity index (χ3v) is 6.30. The smallest absolute Gasteiger partial charge is 0.275 e. The fraction of sp³-hybridized carbons (Fsp3) is 0.348. The number of carbonyl (C=O) groups is 2. The lowest BCUT2D eigenvalue weighted by atomic mass is 9.88. The first-order valence-electron chi connectivity index (χ1n) is 10.0. The molecule has 7 heteroatoms. The van der Waals surface area contributed by atoms with E-state index in [1.807, 2.05) is 24.3 Å². The summed E-state index contributed by atoms with van der Waals surface area (Å²) in [5, 5.41) is 0.607. The highest BCUT2D eigenvalue weighted by atomic mass is 127. The van der Waals surface area contributed by atoms with E-state index in [0.29, 0.717) is 26.7 Å². The van der Waals surface area contributed by atoms with Gasteiger partial charge in [-0.05, 0) is 72.5 Å². The molecule has 156 valence electrons. The van der Waals surface area contributed by atoms with Crippen molar-refractivity contribution in [3.63, 3.8) is 0 Å². The van der Waals surface area contributed by atoms with Gasteiger partial charge < -0.3 is 9.64 Å². The number of alkyl halides is 1. The van der Waals surface area contributed by atoms with E-state index < -0.39 is 5.66 Å². The van der Waals surface area contributed by atoms with E-state index in [2.05, 4.69) is 22.6 Å². The minimum absolute atomic E-state index is 0.0129. The van der Waals surface area contributed by atoms with Gasteiger partial charge in [0.1, 0.15) is 21.7 Å². The number of Topliss-reactive ketones (excluding diaryl/α,β-unsaturated/α-hetero) is 1. The van der Waals surface area contributed by atoms with E-state index >= 15 is 0 Å². The largest absolute Gasteiger partial charge is 0.483 e. The van der Waals surface area contributed by atoms with Crippen LogP contribution in [0.4, 0.5) is 0 Å². The molecule has 2 aromatic carbocycles. The molecule has 1 heterocycles. The number of para-hydroxylation sites is 1. The monoisotopic (exact) mass is 536 g/mol. The molecule has 0 radical (unpaired) electrons. The second-order valence-electron chi connectivity index (χ2n) is 7.57. The first-order valence-corrected chi connectivity index (χ1v) is 11.9. The van der Waals surface area contributed by atoms with E-state index in [4.69, 9.17) is 21.3 Å². The van der Waals surface area contributed by atoms with Crippen molar-refractivity contribution in [3.05, 3.63) is 64.7 Å². The maximum atomic E-state index is 13.4. The second-order valence-corrected chi connectivity index (χ2v) is 8.63. The van der Waals surface area contributed by atoms with Gasteiger partial charge in [0.05, 0.1) is 12.1 Å². The number of benzene rings is 2. The van der Waals surface area contributed by atoms with Crippen molar-refractivity contribution >= 4 is 51.6 Å². The lowest BCUT2D eigenvalue weighted by Gasteiger charge is -2.38. The fourth-order valence-electron chi connectivity index (χ4n) is 4.26. The topological polar surface area (TPSA) is 59.0 Å². The van der Waals surface area contributed by atoms with Crippen LogP contribution in [0.25, 0.3) is 0 Å². The molecule has 30 heavy (non-hydrogen) atoms. The summed E-state index contributed by atoms with van der Waals surface area (Å²) in [6.07, 6.45) is 4.65. The van der Waals surface area contributed by atoms with Crippen molar-refractivity contribution in [1.82, 2.24) is 4.90 Å². The lowest BCUT2D eigenvalue weighted by Crippen LogP contribution is -2.50. The highest BCUT2D eigenvalue weighted by Crippen LogP contribution is 2.40. The summed E-state index contributed by atoms with van der Waals surface area (Å²) >= 11 is 8.11. The molecule has 4 rings (SSSR count). The molecule has 0 aromatic heterocycles. The molecule has 1 fully saturated rings. The normalized spacial score (nSPS) is 17.9. The first-order chi connectivity index (χ1) is 14.5. The number of nitrogens with zero attached hydrogens (tertiary/aromatic N) is 2. The minimum Gasteiger partial charge on any atom is -0.483 e. The van der Waals surface area contributed by atoms with Crippen LogP contribution in [-0.4, -0.2) is 39.1 Å². The van der Waals surface area contributed by atoms with Gasteiger partial charge in [-0.1, -0.05) is 42.3 Å². The third kappa shape index (κ3) is 4.12. The van der Waals surface area contributed by atoms with Gasteiger partial charge in [0.15, 0.2) is 5.78 Å². The Bertz CT molecular complexity index is 984. The number of hydrogen-bond acceptors (Lipinski definition) is 4. The van der Waals surface area contributed by atoms with E-state index in [0.717, 1.165) is 37.7 Å². The van der Waals surface area contributed by atoms with Crippen molar-refractivity contribution in [2.24, 2.45) is 4.99 Å². The molecule has 0 N–H and O–H groups in total. The molecule has 0 bridgehead atoms. The van der Waals surface area contributed by atoms with Crippen LogP contribution in [0.15, 0.2) is 53.5 Å². The lowest BCUT2D eigenvalue weighted by molar-refractivity contribution is -0.128. The van der Waals surface area contributed by atoms with Crippen LogP contribution in [0.3, 0.4) is 0 Å². The fourth-order valence-corrected chi connectivity index (χ4v) is 4.72. The first kappa shape index (κ1) is 21.3. The van der Waals surface area contributed by atoms with Crippen LogP contribution in [0.1, 0.15) is 48.0 Å². The number of ether oxygens (including phenoxy) is 1. The summed E-state index contributed by atoms with van der Waals surface area (Å²) in [6, 6.07) is 14.3. The standard InChI is InChI=1S/C23H22ClIN2O3/c24-17-10-8-16(9-11-17)21-22(29)27(23(26-21)12-4-1-5-13-23)14-19(28)18-6-2-3-7-20(18)30-15-25/h2-3,6-11H,1,4-5,12-15H2. The Labute approximate surface area is 194 Å². The summed E-state index contributed by atoms with van der Waals surface area (Å²) < 4.78 is 6.05. The molecule has 1 saturated carbocycles. The molecule has 1 amide bonds. The summed E-state index contributed by atoms with van der Waals surface area (Å²) in [5.41, 5.74) is 1.00. The van der Waals surface area contributed by atoms with Crippen molar-refractivity contribution in [3.8, 4) is 5.75 Å². The van der Waals surface area contributed by atoms with Crippen molar-refractivity contribution in [1.29, 1.82) is 0 Å². The van der Waals surface area contributed by atoms with Crippen LogP contribution in [-0.2, 0) is 4.79 Å². The van der Waals surface area contributed by atoms with Crippen LogP contribution in [0.5, 0.6) is 5.75 Å². The van der Waals surface area contributed by atoms with Crippen molar-refractivity contribution < 1.29 is 14.3 Å². The average Bonchev–Trinajstić information content (AvgIpc) is 3.01. The Morgan fingerprint density at radius 1 is 1.10 bits per heavy atom. The predicted molar refractivity (Wildman–Crippen MR) is 126 cm³/mol. The minimum atomic E-state index is -0.640. The van der Waals surface area contributed by atoms with Gasteiger partial charge in [-0.15, -0.1) is 0 Å². The highest BCUT2D eigenvalue weighted by molar-refractivity contribution is 14.1. The molecule has 1 aliphatic heterocycles. The van der Waals surface area contributed by atoms with Crippen LogP contribution >= 0.6 is 34.2 Å². The Kier molecular flexibility index (Phi) is 6.43. The second kappa shape index (κ2) is 9.06. The Balaban J connectivity index is 1.66. The number of aliphatic imine (C=N–C) groups is 1. The predicted octanol–water partition coefficient (Wildman–Crippen LogP) is 5.29. The van der Waals surface area contributed by atoms with E-state index in [1.165, 1.54) is 0 Å². The quantitative estimate of drug-likeness (QED) is 0.287. The summed E-state index contributed by atoms with van der Waals surface area (Å²) in [6.45, 7) is -0.0129. The van der Waals surface area contributed by atoms with Gasteiger partial charge in [0, 0.05) is 10.6 Å². The molecule has 1 spiro atoms. The molecule has 0 saturated heterocycles. The zero-order valence-electron chi connectivity index (χ0n) is 16.4. The summed E-state index contributed by atoms with van der Waals surface area (Å²) in [4.78, 5) is 33.2. The number of ketones is 1. The molecule has 2 aromatic rings. The van der Waals surface area contributed by atoms with Crippen LogP contribution in [0, 0.1) is 0 Å². The molecule has 1 aliphatic carbocycles. The van der Waals surface area contributed by atoms with Gasteiger partial charge in [0.25, 0.3) is 5.91 Å². The number of halogens is 2. The van der Waals surface area contributed by atoms with E-state index in [-0.39, 0.29) is 18.2 Å². The van der Waals surface area contributed by atoms with E-state index in [1.54, 1.807) is 29.2 Å². The molecule has 2 aliphatic rings. The molecule has 0 atom stereocenters. The molecular formula is C23H22ClIN2O3. The Morgan fingerprint density at radius 3 is 2.50 bits per heavy atom. The number of carbonyl (C=O) groups excluding carboxylic acids is 2. The average molecular weight is 537 g/mol. The summed E-state index contributed by atoms with van der Waals surface area (Å²) in [5.74, 6) is 0.209. The van der Waals surface area contributed by atoms with Crippen molar-refractivity contribution in [2.75, 3.05) is 11.2 Å². The van der Waals surface area contributed by atoms with Gasteiger partial charge >= 0.3 is 0 Å². The van der Waals surface area contributed by atoms with E-state index in [9.17, 15) is 9.59 Å². The van der Waals surface area contributed by atoms with Crippen LogP contribution < -0.4 is 4.74 Å². The maximum Gasteiger partial charge on any atom is 0.275 e. The molecular weight excluding hydrogens is 515 g/mol. The molecule has 0 unspecified atom stereocenters. The zero-order chi connectivity index (χ0) is 21.1. The van der Waals surface area contributed by atoms with Crippen molar-refractivity contribution in [2.45, 2.75) is 37.8 Å². The van der Waals surface area contributed by atoms with Gasteiger partial charge in [0.2, 0.25) is 0 Å². The van der Waals surface area contributed by atoms with Gasteiger partial charge in [-0.25, -0.2) is 0 Å². The van der Waals surface area contributed by atoms with Crippen LogP contribution in [0.2, 0.25) is 5.02 Å². The third-order valence-electron chi connectivity index (χ3n) is 5.74. The zero-order valence-corrected chi connectivity index (χ0v) is 19.4. The number of hydrogen-bond donors (Lipinski definition) is 0. The summed E-state index contributed by atoms with van der Waals surface area (Å²) in [7, 11) is 0. The number of amides is 1. The molecule has 5 nitrogen and oxygen atoms in total. The Morgan fingerprint density at radius 2 is 1.80 bits per heavy atom. The SMILES string of the molecule is O=C(CN1C(=O)C(c2ccc(Cl)cc2)=NC12CCCCC2)c1ccccc1OCI. The van der Waals surface area contributed by atoms with Gasteiger partial charge in [-0.2, -0.15) is 0 Å². The Hall–Kier alpha value is -1.93. The number of rotatable bonds is 6. The maximum absolute atomic E-state index is 13.4.